The number of carbonyl (C=O) groups excluding carboxylic acids is 2. The highest BCUT2D eigenvalue weighted by Gasteiger charge is 2.40. The van der Waals surface area contributed by atoms with Gasteiger partial charge in [-0.1, -0.05) is 0 Å². The lowest BCUT2D eigenvalue weighted by Gasteiger charge is -2.41. The highest BCUT2D eigenvalue weighted by atomic mass is 16.5. The van der Waals surface area contributed by atoms with E-state index in [0.717, 1.165) is 17.8 Å². The number of hydrogen-bond acceptors (Lipinski definition) is 5. The first-order chi connectivity index (χ1) is 11.4. The van der Waals surface area contributed by atoms with Gasteiger partial charge >= 0.3 is 0 Å². The van der Waals surface area contributed by atoms with Crippen LogP contribution in [0.5, 0.6) is 0 Å². The molecular weight excluding hydrogens is 310 g/mol. The van der Waals surface area contributed by atoms with Gasteiger partial charge in [-0.15, -0.1) is 0 Å². The zero-order valence-corrected chi connectivity index (χ0v) is 14.5. The van der Waals surface area contributed by atoms with Gasteiger partial charge in [-0.05, 0) is 19.4 Å². The van der Waals surface area contributed by atoms with Gasteiger partial charge in [-0.25, -0.2) is 0 Å². The van der Waals surface area contributed by atoms with E-state index in [0.29, 0.717) is 50.7 Å². The minimum atomic E-state index is -0.494. The zero-order valence-electron chi connectivity index (χ0n) is 14.5. The molecule has 1 atom stereocenters. The Morgan fingerprint density at radius 1 is 1.25 bits per heavy atom. The van der Waals surface area contributed by atoms with Crippen LogP contribution in [0.1, 0.15) is 39.0 Å². The molecule has 2 aliphatic heterocycles. The Morgan fingerprint density at radius 3 is 2.75 bits per heavy atom. The summed E-state index contributed by atoms with van der Waals surface area (Å²) in [6, 6.07) is 0. The molecule has 7 nitrogen and oxygen atoms in total. The maximum absolute atomic E-state index is 13.1. The molecule has 0 aromatic carbocycles. The lowest BCUT2D eigenvalue weighted by molar-refractivity contribution is -0.125. The van der Waals surface area contributed by atoms with Crippen molar-refractivity contribution < 1.29 is 19.1 Å². The summed E-state index contributed by atoms with van der Waals surface area (Å²) in [5, 5.41) is 3.31. The summed E-state index contributed by atoms with van der Waals surface area (Å²) in [5.41, 5.74) is 2.07. The molecule has 0 radical (unpaired) electrons. The molecule has 2 saturated heterocycles. The number of nitrogens with one attached hydrogen (secondary N) is 2. The molecule has 7 heteroatoms. The number of Topliss-reactive ketones (excluding diaryl/α,β-unsaturated/α-hetero) is 1. The van der Waals surface area contributed by atoms with E-state index in [-0.39, 0.29) is 11.7 Å². The maximum atomic E-state index is 13.1. The van der Waals surface area contributed by atoms with E-state index in [4.69, 9.17) is 9.47 Å². The van der Waals surface area contributed by atoms with Crippen LogP contribution < -0.4 is 5.32 Å². The monoisotopic (exact) mass is 335 g/mol. The average molecular weight is 335 g/mol. The number of H-pyrrole nitrogens is 1. The number of ketones is 1. The number of morpholine rings is 1. The van der Waals surface area contributed by atoms with Crippen molar-refractivity contribution in [3.8, 4) is 0 Å². The average Bonchev–Trinajstić information content (AvgIpc) is 2.71. The smallest absolute Gasteiger partial charge is 0.256 e. The molecule has 1 spiro atoms. The highest BCUT2D eigenvalue weighted by molar-refractivity contribution is 6.02. The third-order valence-electron chi connectivity index (χ3n) is 4.77. The van der Waals surface area contributed by atoms with Crippen molar-refractivity contribution in [1.82, 2.24) is 15.2 Å². The minimum Gasteiger partial charge on any atom is -0.377 e. The van der Waals surface area contributed by atoms with Crippen LogP contribution in [0.3, 0.4) is 0 Å². The minimum absolute atomic E-state index is 0.0549. The van der Waals surface area contributed by atoms with Crippen LogP contribution >= 0.6 is 0 Å². The molecule has 0 saturated carbocycles. The van der Waals surface area contributed by atoms with E-state index in [1.165, 1.54) is 6.92 Å². The fourth-order valence-corrected chi connectivity index (χ4v) is 3.56. The Labute approximate surface area is 141 Å². The van der Waals surface area contributed by atoms with Crippen molar-refractivity contribution in [2.24, 2.45) is 0 Å². The van der Waals surface area contributed by atoms with Crippen molar-refractivity contribution >= 4 is 11.7 Å². The second-order valence-electron chi connectivity index (χ2n) is 6.67. The van der Waals surface area contributed by atoms with Gasteiger partial charge < -0.3 is 24.7 Å². The topological polar surface area (TPSA) is 83.7 Å². The molecule has 2 fully saturated rings. The van der Waals surface area contributed by atoms with Crippen LogP contribution in [0.2, 0.25) is 0 Å². The normalized spacial score (nSPS) is 24.9. The van der Waals surface area contributed by atoms with Gasteiger partial charge in [0.2, 0.25) is 0 Å². The molecule has 132 valence electrons. The molecule has 1 amide bonds. The highest BCUT2D eigenvalue weighted by Crippen LogP contribution is 2.25. The predicted molar refractivity (Wildman–Crippen MR) is 88.5 cm³/mol. The maximum Gasteiger partial charge on any atom is 0.256 e. The summed E-state index contributed by atoms with van der Waals surface area (Å²) in [5.74, 6) is -0.116. The molecule has 3 rings (SSSR count). The quantitative estimate of drug-likeness (QED) is 0.776. The lowest BCUT2D eigenvalue weighted by Crippen LogP contribution is -2.59. The van der Waals surface area contributed by atoms with Crippen LogP contribution in [0.4, 0.5) is 0 Å². The van der Waals surface area contributed by atoms with Gasteiger partial charge in [0, 0.05) is 32.3 Å². The van der Waals surface area contributed by atoms with Crippen molar-refractivity contribution in [2.75, 3.05) is 46.0 Å². The third-order valence-corrected chi connectivity index (χ3v) is 4.77. The molecule has 1 aromatic heterocycles. The van der Waals surface area contributed by atoms with Gasteiger partial charge in [0.05, 0.1) is 37.6 Å². The fourth-order valence-electron chi connectivity index (χ4n) is 3.56. The SMILES string of the molecule is CC(=O)c1[nH]c(C)c(C(=O)N2CCO[C@@]3(CNCCOC3)C2)c1C. The molecule has 1 aromatic rings. The molecule has 2 N–H and O–H groups in total. The van der Waals surface area contributed by atoms with Crippen molar-refractivity contribution in [2.45, 2.75) is 26.4 Å². The summed E-state index contributed by atoms with van der Waals surface area (Å²) >= 11 is 0. The molecule has 3 heterocycles. The fraction of sp³-hybridized carbons (Fsp3) is 0.647. The number of rotatable bonds is 2. The molecule has 2 aliphatic rings. The van der Waals surface area contributed by atoms with Gasteiger partial charge in [0.25, 0.3) is 5.91 Å². The summed E-state index contributed by atoms with van der Waals surface area (Å²) < 4.78 is 11.6. The van der Waals surface area contributed by atoms with Crippen LogP contribution in [0.25, 0.3) is 0 Å². The Morgan fingerprint density at radius 2 is 2.04 bits per heavy atom. The predicted octanol–water partition coefficient (Wildman–Crippen LogP) is 0.665. The van der Waals surface area contributed by atoms with Crippen LogP contribution in [0, 0.1) is 13.8 Å². The number of nitrogens with zero attached hydrogens (tertiary/aromatic N) is 1. The van der Waals surface area contributed by atoms with E-state index >= 15 is 0 Å². The number of aromatic nitrogens is 1. The van der Waals surface area contributed by atoms with Crippen LogP contribution in [-0.4, -0.2) is 73.2 Å². The van der Waals surface area contributed by atoms with Gasteiger partial charge in [-0.2, -0.15) is 0 Å². The number of carbonyl (C=O) groups is 2. The van der Waals surface area contributed by atoms with Crippen LogP contribution in [0.15, 0.2) is 0 Å². The first kappa shape index (κ1) is 17.1. The van der Waals surface area contributed by atoms with Gasteiger partial charge in [-0.3, -0.25) is 9.59 Å². The summed E-state index contributed by atoms with van der Waals surface area (Å²) in [4.78, 5) is 29.6. The molecule has 0 bridgehead atoms. The van der Waals surface area contributed by atoms with Crippen molar-refractivity contribution in [3.05, 3.63) is 22.5 Å². The molecule has 0 unspecified atom stereocenters. The summed E-state index contributed by atoms with van der Waals surface area (Å²) in [7, 11) is 0. The zero-order chi connectivity index (χ0) is 17.3. The Hall–Kier alpha value is -1.70. The number of aromatic amines is 1. The van der Waals surface area contributed by atoms with E-state index in [1.54, 1.807) is 0 Å². The first-order valence-corrected chi connectivity index (χ1v) is 8.35. The second kappa shape index (κ2) is 6.66. The van der Waals surface area contributed by atoms with E-state index in [2.05, 4.69) is 10.3 Å². The standard InChI is InChI=1S/C17H25N3O4/c1-11-14(12(2)19-15(11)13(3)21)16(22)20-5-7-24-17(9-20)8-18-4-6-23-10-17/h18-19H,4-10H2,1-3H3/t17-/m0/s1. The summed E-state index contributed by atoms with van der Waals surface area (Å²) in [6.45, 7) is 9.25. The Kier molecular flexibility index (Phi) is 4.76. The number of amides is 1. The Bertz CT molecular complexity index is 645. The molecule has 24 heavy (non-hydrogen) atoms. The van der Waals surface area contributed by atoms with Crippen molar-refractivity contribution in [1.29, 1.82) is 0 Å². The van der Waals surface area contributed by atoms with E-state index < -0.39 is 5.60 Å². The lowest BCUT2D eigenvalue weighted by atomic mass is 10.0. The Balaban J connectivity index is 1.83. The van der Waals surface area contributed by atoms with Gasteiger partial charge in [0.15, 0.2) is 5.78 Å². The van der Waals surface area contributed by atoms with Gasteiger partial charge in [0.1, 0.15) is 5.60 Å². The first-order valence-electron chi connectivity index (χ1n) is 8.35. The second-order valence-corrected chi connectivity index (χ2v) is 6.67. The van der Waals surface area contributed by atoms with Crippen LogP contribution in [-0.2, 0) is 9.47 Å². The van der Waals surface area contributed by atoms with E-state index in [1.807, 2.05) is 18.7 Å². The summed E-state index contributed by atoms with van der Waals surface area (Å²) in [6.07, 6.45) is 0. The molecule has 0 aliphatic carbocycles. The van der Waals surface area contributed by atoms with Crippen molar-refractivity contribution in [3.63, 3.8) is 0 Å². The number of aryl methyl sites for hydroxylation is 1. The van der Waals surface area contributed by atoms with E-state index in [9.17, 15) is 9.59 Å². The largest absolute Gasteiger partial charge is 0.377 e. The number of ether oxygens (including phenoxy) is 2. The number of hydrogen-bond donors (Lipinski definition) is 2. The third kappa shape index (κ3) is 3.11. The molecular formula is C17H25N3O4.